The van der Waals surface area contributed by atoms with Crippen LogP contribution in [0.2, 0.25) is 0 Å². The summed E-state index contributed by atoms with van der Waals surface area (Å²) < 4.78 is 0. The predicted octanol–water partition coefficient (Wildman–Crippen LogP) is -1.18. The zero-order valence-corrected chi connectivity index (χ0v) is 14.2. The van der Waals surface area contributed by atoms with Crippen LogP contribution in [0, 0.1) is 0 Å². The molecule has 0 aromatic heterocycles. The van der Waals surface area contributed by atoms with Gasteiger partial charge in [0.05, 0.1) is 12.6 Å². The highest BCUT2D eigenvalue weighted by molar-refractivity contribution is 8.68. The number of carbonyl (C=O) groups is 3. The maximum atomic E-state index is 11.6. The Morgan fingerprint density at radius 2 is 1.75 bits per heavy atom. The Morgan fingerprint density at radius 3 is 2.25 bits per heavy atom. The van der Waals surface area contributed by atoms with Crippen LogP contribution in [0.1, 0.15) is 0 Å². The van der Waals surface area contributed by atoms with E-state index in [1.54, 1.807) is 0 Å². The molecule has 0 spiro atoms. The minimum atomic E-state index is -0.729. The van der Waals surface area contributed by atoms with Gasteiger partial charge in [0, 0.05) is 18.6 Å². The molecule has 20 heavy (non-hydrogen) atoms. The number of thiol groups is 2. The largest absolute Gasteiger partial charge is 0.357 e. The first-order chi connectivity index (χ1) is 9.46. The molecule has 0 rings (SSSR count). The lowest BCUT2D eigenvalue weighted by molar-refractivity contribution is -0.129. The predicted molar refractivity (Wildman–Crippen MR) is 89.9 cm³/mol. The quantitative estimate of drug-likeness (QED) is 0.228. The molecule has 3 amide bonds. The van der Waals surface area contributed by atoms with Gasteiger partial charge < -0.3 is 21.7 Å². The lowest BCUT2D eigenvalue weighted by Gasteiger charge is -2.16. The van der Waals surface area contributed by atoms with Crippen LogP contribution in [0.15, 0.2) is 0 Å². The van der Waals surface area contributed by atoms with Crippen LogP contribution in [-0.4, -0.2) is 54.9 Å². The molecule has 0 aromatic carbocycles. The van der Waals surface area contributed by atoms with Crippen LogP contribution >= 0.6 is 44.9 Å². The second kappa shape index (κ2) is 11.4. The molecular weight excluding hydrogens is 340 g/mol. The summed E-state index contributed by atoms with van der Waals surface area (Å²) in [5.74, 6) is -0.581. The molecule has 0 aromatic rings. The molecular formula is C9H18N4O3S4. The first-order valence-electron chi connectivity index (χ1n) is 5.53. The van der Waals surface area contributed by atoms with Crippen LogP contribution in [0.5, 0.6) is 0 Å². The van der Waals surface area contributed by atoms with Crippen molar-refractivity contribution in [3.8, 4) is 0 Å². The van der Waals surface area contributed by atoms with Gasteiger partial charge in [-0.1, -0.05) is 21.6 Å². The highest BCUT2D eigenvalue weighted by atomic mass is 33.1. The Labute approximate surface area is 135 Å². The number of amides is 3. The van der Waals surface area contributed by atoms with Crippen LogP contribution in [0.4, 0.5) is 0 Å². The van der Waals surface area contributed by atoms with Crippen LogP contribution < -0.4 is 21.7 Å². The summed E-state index contributed by atoms with van der Waals surface area (Å²) in [6.07, 6.45) is 0. The van der Waals surface area contributed by atoms with Gasteiger partial charge in [-0.3, -0.25) is 14.4 Å². The fourth-order valence-corrected chi connectivity index (χ4v) is 2.76. The van der Waals surface area contributed by atoms with E-state index in [1.165, 1.54) is 7.05 Å². The van der Waals surface area contributed by atoms with Crippen LogP contribution in [0.3, 0.4) is 0 Å². The minimum absolute atomic E-state index is 0.242. The summed E-state index contributed by atoms with van der Waals surface area (Å²) >= 11 is 7.83. The number of likely N-dealkylation sites (N-methyl/N-ethyl adjacent to an activating group) is 1. The first-order valence-corrected chi connectivity index (χ1v) is 9.60. The second-order valence-corrected chi connectivity index (χ2v) is 6.38. The molecule has 0 heterocycles. The van der Waals surface area contributed by atoms with Crippen molar-refractivity contribution in [3.05, 3.63) is 0 Å². The monoisotopic (exact) mass is 358 g/mol. The SMILES string of the molecule is CNC(=O)[C@H](CSS)NC(=O)CNC(=O)C(N)CSS. The van der Waals surface area contributed by atoms with E-state index in [-0.39, 0.29) is 12.5 Å². The van der Waals surface area contributed by atoms with Gasteiger partial charge in [0.15, 0.2) is 0 Å². The van der Waals surface area contributed by atoms with Gasteiger partial charge in [-0.05, 0) is 0 Å². The smallest absolute Gasteiger partial charge is 0.243 e. The standard InChI is InChI=1S/C9H18N4O3S4/c1-11-9(16)6(4-20-18)13-7(14)2-12-8(15)5(10)3-19-17/h5-6,17-18H,2-4,10H2,1H3,(H,11,16)(H,12,15)(H,13,14)/t5?,6-/m0/s1. The summed E-state index contributed by atoms with van der Waals surface area (Å²) in [5.41, 5.74) is 5.54. The molecule has 0 aliphatic heterocycles. The van der Waals surface area contributed by atoms with Crippen molar-refractivity contribution in [2.24, 2.45) is 5.73 Å². The molecule has 0 saturated carbocycles. The fourth-order valence-electron chi connectivity index (χ4n) is 1.13. The van der Waals surface area contributed by atoms with E-state index in [9.17, 15) is 14.4 Å². The van der Waals surface area contributed by atoms with E-state index in [1.807, 2.05) is 0 Å². The Hall–Kier alpha value is -0.230. The highest BCUT2D eigenvalue weighted by Crippen LogP contribution is 2.07. The van der Waals surface area contributed by atoms with Crippen molar-refractivity contribution in [2.45, 2.75) is 12.1 Å². The molecule has 2 atom stereocenters. The van der Waals surface area contributed by atoms with E-state index < -0.39 is 23.9 Å². The average Bonchev–Trinajstić information content (AvgIpc) is 2.43. The molecule has 7 nitrogen and oxygen atoms in total. The zero-order valence-electron chi connectivity index (χ0n) is 10.8. The van der Waals surface area contributed by atoms with Crippen molar-refractivity contribution < 1.29 is 14.4 Å². The van der Waals surface area contributed by atoms with Crippen molar-refractivity contribution in [1.29, 1.82) is 0 Å². The van der Waals surface area contributed by atoms with Crippen molar-refractivity contribution in [3.63, 3.8) is 0 Å². The first kappa shape index (κ1) is 19.8. The topological polar surface area (TPSA) is 113 Å². The fraction of sp³-hybridized carbons (Fsp3) is 0.667. The van der Waals surface area contributed by atoms with Crippen LogP contribution in [-0.2, 0) is 14.4 Å². The lowest BCUT2D eigenvalue weighted by Crippen LogP contribution is -2.51. The van der Waals surface area contributed by atoms with Gasteiger partial charge in [-0.25, -0.2) is 0 Å². The Balaban J connectivity index is 4.19. The Bertz CT molecular complexity index is 345. The van der Waals surface area contributed by atoms with Crippen LogP contribution in [0.25, 0.3) is 0 Å². The number of hydrogen-bond donors (Lipinski definition) is 6. The molecule has 0 bridgehead atoms. The molecule has 0 aliphatic carbocycles. The average molecular weight is 359 g/mol. The second-order valence-electron chi connectivity index (χ2n) is 3.65. The molecule has 5 N–H and O–H groups in total. The normalized spacial score (nSPS) is 13.2. The molecule has 116 valence electrons. The maximum Gasteiger partial charge on any atom is 0.243 e. The summed E-state index contributed by atoms with van der Waals surface area (Å²) in [4.78, 5) is 34.6. The summed E-state index contributed by atoms with van der Waals surface area (Å²) in [6, 6.07) is -1.43. The number of carbonyl (C=O) groups excluding carboxylic acids is 3. The van der Waals surface area contributed by atoms with Gasteiger partial charge in [-0.15, -0.1) is 23.3 Å². The number of nitrogens with two attached hydrogens (primary N) is 1. The molecule has 0 radical (unpaired) electrons. The number of rotatable bonds is 9. The van der Waals surface area contributed by atoms with Gasteiger partial charge in [0.1, 0.15) is 6.04 Å². The number of hydrogen-bond acceptors (Lipinski definition) is 8. The maximum absolute atomic E-state index is 11.6. The van der Waals surface area contributed by atoms with Gasteiger partial charge in [-0.2, -0.15) is 0 Å². The summed E-state index contributed by atoms with van der Waals surface area (Å²) in [7, 11) is 3.74. The Morgan fingerprint density at radius 1 is 1.15 bits per heavy atom. The van der Waals surface area contributed by atoms with Gasteiger partial charge in [0.25, 0.3) is 0 Å². The summed E-state index contributed by atoms with van der Waals surface area (Å²) in [6.45, 7) is -0.242. The third kappa shape index (κ3) is 8.15. The minimum Gasteiger partial charge on any atom is -0.357 e. The molecule has 0 saturated heterocycles. The molecule has 1 unspecified atom stereocenters. The van der Waals surface area contributed by atoms with Crippen molar-refractivity contribution in [2.75, 3.05) is 25.1 Å². The van der Waals surface area contributed by atoms with E-state index in [0.29, 0.717) is 11.5 Å². The molecule has 0 fully saturated rings. The van der Waals surface area contributed by atoms with E-state index in [4.69, 9.17) is 5.73 Å². The summed E-state index contributed by atoms with van der Waals surface area (Å²) in [5, 5.41) is 7.32. The van der Waals surface area contributed by atoms with E-state index in [0.717, 1.165) is 21.6 Å². The number of nitrogens with one attached hydrogen (secondary N) is 3. The van der Waals surface area contributed by atoms with E-state index >= 15 is 0 Å². The molecule has 0 aliphatic rings. The lowest BCUT2D eigenvalue weighted by atomic mass is 10.3. The molecule has 11 heteroatoms. The third-order valence-corrected chi connectivity index (χ3v) is 4.04. The zero-order chi connectivity index (χ0) is 15.5. The van der Waals surface area contributed by atoms with Gasteiger partial charge in [0.2, 0.25) is 17.7 Å². The van der Waals surface area contributed by atoms with Gasteiger partial charge >= 0.3 is 0 Å². The van der Waals surface area contributed by atoms with E-state index in [2.05, 4.69) is 39.3 Å². The van der Waals surface area contributed by atoms with Crippen molar-refractivity contribution >= 4 is 62.6 Å². The third-order valence-electron chi connectivity index (χ3n) is 2.15. The highest BCUT2D eigenvalue weighted by Gasteiger charge is 2.20. The van der Waals surface area contributed by atoms with Crippen molar-refractivity contribution in [1.82, 2.24) is 16.0 Å². The Kier molecular flexibility index (Phi) is 11.3.